The highest BCUT2D eigenvalue weighted by atomic mass is 16.5. The summed E-state index contributed by atoms with van der Waals surface area (Å²) in [4.78, 5) is 19.0. The number of methoxy groups -OCH3 is 1. The summed E-state index contributed by atoms with van der Waals surface area (Å²) in [5.74, 6) is 0.615. The molecule has 0 atom stereocenters. The minimum atomic E-state index is -0.572. The first-order valence-electron chi connectivity index (χ1n) is 8.30. The van der Waals surface area contributed by atoms with Crippen molar-refractivity contribution in [1.29, 1.82) is 5.26 Å². The van der Waals surface area contributed by atoms with Crippen molar-refractivity contribution in [2.75, 3.05) is 12.5 Å². The van der Waals surface area contributed by atoms with Crippen LogP contribution in [0.4, 0.5) is 5.95 Å². The molecule has 8 nitrogen and oxygen atoms in total. The number of aromatic hydroxyl groups is 1. The molecule has 0 aliphatic heterocycles. The van der Waals surface area contributed by atoms with Gasteiger partial charge in [-0.1, -0.05) is 30.3 Å². The number of aromatic amines is 1. The van der Waals surface area contributed by atoms with Crippen molar-refractivity contribution in [3.63, 3.8) is 0 Å². The van der Waals surface area contributed by atoms with Crippen LogP contribution in [0.1, 0.15) is 16.7 Å². The first-order chi connectivity index (χ1) is 13.5. The third-order valence-electron chi connectivity index (χ3n) is 4.02. The predicted molar refractivity (Wildman–Crippen MR) is 106 cm³/mol. The smallest absolute Gasteiger partial charge is 0.270 e. The minimum absolute atomic E-state index is 0.00801. The number of phenols is 1. The van der Waals surface area contributed by atoms with Crippen LogP contribution in [0.2, 0.25) is 0 Å². The van der Waals surface area contributed by atoms with Crippen LogP contribution in [0, 0.1) is 18.3 Å². The zero-order chi connectivity index (χ0) is 20.1. The third kappa shape index (κ3) is 3.83. The molecule has 140 valence electrons. The van der Waals surface area contributed by atoms with Crippen LogP contribution in [0.3, 0.4) is 0 Å². The average molecular weight is 375 g/mol. The first kappa shape index (κ1) is 18.7. The van der Waals surface area contributed by atoms with E-state index in [0.29, 0.717) is 16.9 Å². The number of aromatic nitrogens is 2. The van der Waals surface area contributed by atoms with Gasteiger partial charge in [-0.15, -0.1) is 0 Å². The van der Waals surface area contributed by atoms with E-state index in [0.717, 1.165) is 5.56 Å². The molecule has 0 fully saturated rings. The molecule has 0 amide bonds. The summed E-state index contributed by atoms with van der Waals surface area (Å²) in [6, 6.07) is 14.0. The van der Waals surface area contributed by atoms with Crippen molar-refractivity contribution in [3.05, 3.63) is 69.5 Å². The number of ether oxygens (including phenoxy) is 1. The molecule has 1 heterocycles. The lowest BCUT2D eigenvalue weighted by atomic mass is 10.1. The molecule has 0 saturated heterocycles. The summed E-state index contributed by atoms with van der Waals surface area (Å²) < 4.78 is 5.10. The SMILES string of the molecule is COc1cc(C)c(C=NNc2nc(-c3ccccc3)c(C#N)c(=O)[nH]2)c(O)c1. The van der Waals surface area contributed by atoms with Crippen LogP contribution >= 0.6 is 0 Å². The van der Waals surface area contributed by atoms with Crippen molar-refractivity contribution in [3.8, 4) is 28.8 Å². The van der Waals surface area contributed by atoms with Gasteiger partial charge in [0.1, 0.15) is 23.1 Å². The Kier molecular flexibility index (Phi) is 5.37. The number of H-pyrrole nitrogens is 1. The standard InChI is InChI=1S/C20H17N5O3/c1-12-8-14(28-2)9-17(26)16(12)11-22-25-20-23-18(13-6-4-3-5-7-13)15(10-21)19(27)24-20/h3-9,11,26H,1-2H3,(H2,23,24,25,27). The second-order valence-corrected chi connectivity index (χ2v) is 5.86. The number of phenolic OH excluding ortho intramolecular Hbond substituents is 1. The average Bonchev–Trinajstić information content (AvgIpc) is 2.70. The molecule has 0 bridgehead atoms. The van der Waals surface area contributed by atoms with Crippen molar-refractivity contribution < 1.29 is 9.84 Å². The second-order valence-electron chi connectivity index (χ2n) is 5.86. The van der Waals surface area contributed by atoms with Crippen LogP contribution in [-0.4, -0.2) is 28.4 Å². The summed E-state index contributed by atoms with van der Waals surface area (Å²) in [6.07, 6.45) is 1.41. The summed E-state index contributed by atoms with van der Waals surface area (Å²) >= 11 is 0. The molecular formula is C20H17N5O3. The van der Waals surface area contributed by atoms with Crippen LogP contribution in [-0.2, 0) is 0 Å². The van der Waals surface area contributed by atoms with Crippen LogP contribution in [0.25, 0.3) is 11.3 Å². The fourth-order valence-corrected chi connectivity index (χ4v) is 2.63. The molecule has 3 N–H and O–H groups in total. The van der Waals surface area contributed by atoms with Crippen LogP contribution < -0.4 is 15.7 Å². The number of rotatable bonds is 5. The van der Waals surface area contributed by atoms with Crippen molar-refractivity contribution >= 4 is 12.2 Å². The Morgan fingerprint density at radius 2 is 2.07 bits per heavy atom. The molecule has 0 unspecified atom stereocenters. The van der Waals surface area contributed by atoms with Gasteiger partial charge < -0.3 is 9.84 Å². The fraction of sp³-hybridized carbons (Fsp3) is 0.100. The monoisotopic (exact) mass is 375 g/mol. The Bertz CT molecular complexity index is 1110. The fourth-order valence-electron chi connectivity index (χ4n) is 2.63. The number of hydrazone groups is 1. The topological polar surface area (TPSA) is 123 Å². The van der Waals surface area contributed by atoms with Gasteiger partial charge in [0.25, 0.3) is 5.56 Å². The molecule has 0 spiro atoms. The van der Waals surface area contributed by atoms with Gasteiger partial charge in [0.2, 0.25) is 5.95 Å². The van der Waals surface area contributed by atoms with Crippen molar-refractivity contribution in [2.45, 2.75) is 6.92 Å². The van der Waals surface area contributed by atoms with E-state index in [9.17, 15) is 15.2 Å². The van der Waals surface area contributed by atoms with E-state index in [2.05, 4.69) is 20.5 Å². The molecule has 1 aromatic heterocycles. The highest BCUT2D eigenvalue weighted by molar-refractivity contribution is 5.86. The van der Waals surface area contributed by atoms with E-state index >= 15 is 0 Å². The Hall–Kier alpha value is -4.12. The number of aryl methyl sites for hydroxylation is 1. The first-order valence-corrected chi connectivity index (χ1v) is 8.30. The van der Waals surface area contributed by atoms with E-state index in [4.69, 9.17) is 4.74 Å². The Morgan fingerprint density at radius 3 is 2.71 bits per heavy atom. The minimum Gasteiger partial charge on any atom is -0.507 e. The highest BCUT2D eigenvalue weighted by Gasteiger charge is 2.13. The number of hydrogen-bond donors (Lipinski definition) is 3. The Labute approximate surface area is 160 Å². The molecular weight excluding hydrogens is 358 g/mol. The molecule has 0 aliphatic rings. The molecule has 0 saturated carbocycles. The van der Waals surface area contributed by atoms with E-state index in [-0.39, 0.29) is 23.0 Å². The lowest BCUT2D eigenvalue weighted by molar-refractivity contribution is 0.407. The van der Waals surface area contributed by atoms with Crippen LogP contribution in [0.5, 0.6) is 11.5 Å². The van der Waals surface area contributed by atoms with Gasteiger partial charge >= 0.3 is 0 Å². The highest BCUT2D eigenvalue weighted by Crippen LogP contribution is 2.26. The largest absolute Gasteiger partial charge is 0.507 e. The third-order valence-corrected chi connectivity index (χ3v) is 4.02. The lowest BCUT2D eigenvalue weighted by Gasteiger charge is -2.08. The summed E-state index contributed by atoms with van der Waals surface area (Å²) in [6.45, 7) is 1.80. The zero-order valence-electron chi connectivity index (χ0n) is 15.2. The van der Waals surface area contributed by atoms with E-state index in [1.165, 1.54) is 19.4 Å². The molecule has 28 heavy (non-hydrogen) atoms. The van der Waals surface area contributed by atoms with Gasteiger partial charge in [-0.3, -0.25) is 9.78 Å². The maximum atomic E-state index is 12.2. The van der Waals surface area contributed by atoms with Gasteiger partial charge in [-0.25, -0.2) is 10.4 Å². The van der Waals surface area contributed by atoms with E-state index in [1.807, 2.05) is 12.1 Å². The van der Waals surface area contributed by atoms with Gasteiger partial charge in [-0.2, -0.15) is 10.4 Å². The maximum Gasteiger partial charge on any atom is 0.270 e. The Balaban J connectivity index is 1.92. The summed E-state index contributed by atoms with van der Waals surface area (Å²) in [5, 5.41) is 23.4. The predicted octanol–water partition coefficient (Wildman–Crippen LogP) is 2.78. The lowest BCUT2D eigenvalue weighted by Crippen LogP contribution is -2.16. The summed E-state index contributed by atoms with van der Waals surface area (Å²) in [5.41, 5.74) is 4.13. The Morgan fingerprint density at radius 1 is 1.32 bits per heavy atom. The number of nitrogens with one attached hydrogen (secondary N) is 2. The second kappa shape index (κ2) is 8.05. The van der Waals surface area contributed by atoms with E-state index in [1.54, 1.807) is 37.3 Å². The van der Waals surface area contributed by atoms with Crippen molar-refractivity contribution in [2.24, 2.45) is 5.10 Å². The number of nitrogens with zero attached hydrogens (tertiary/aromatic N) is 3. The number of benzene rings is 2. The van der Waals surface area contributed by atoms with Crippen LogP contribution in [0.15, 0.2) is 52.4 Å². The maximum absolute atomic E-state index is 12.2. The summed E-state index contributed by atoms with van der Waals surface area (Å²) in [7, 11) is 1.51. The number of nitriles is 1. The van der Waals surface area contributed by atoms with Gasteiger partial charge in [0.15, 0.2) is 0 Å². The van der Waals surface area contributed by atoms with Gasteiger partial charge in [-0.05, 0) is 18.6 Å². The van der Waals surface area contributed by atoms with Gasteiger partial charge in [0.05, 0.1) is 19.0 Å². The molecule has 3 aromatic rings. The molecule has 3 rings (SSSR count). The van der Waals surface area contributed by atoms with Gasteiger partial charge in [0, 0.05) is 17.2 Å². The molecule has 0 radical (unpaired) electrons. The number of anilines is 1. The normalized spacial score (nSPS) is 10.6. The molecule has 2 aromatic carbocycles. The molecule has 8 heteroatoms. The zero-order valence-corrected chi connectivity index (χ0v) is 15.2. The quantitative estimate of drug-likeness (QED) is 0.465. The van der Waals surface area contributed by atoms with Crippen molar-refractivity contribution in [1.82, 2.24) is 9.97 Å². The van der Waals surface area contributed by atoms with E-state index < -0.39 is 5.56 Å². The number of hydrogen-bond acceptors (Lipinski definition) is 7. The molecule has 0 aliphatic carbocycles.